The van der Waals surface area contributed by atoms with Crippen molar-refractivity contribution in [3.8, 4) is 22.8 Å². The molecule has 1 aromatic carbocycles. The number of aromatic nitrogens is 8. The average Bonchev–Trinajstić information content (AvgIpc) is 3.65. The number of fused-ring (bicyclic) bond motifs is 1. The van der Waals surface area contributed by atoms with E-state index in [4.69, 9.17) is 14.7 Å². The highest BCUT2D eigenvalue weighted by atomic mass is 32.2. The first kappa shape index (κ1) is 24.7. The molecule has 1 N–H and O–H groups in total. The number of aryl methyl sites for hydroxylation is 1. The Morgan fingerprint density at radius 2 is 1.95 bits per heavy atom. The van der Waals surface area contributed by atoms with E-state index in [1.807, 2.05) is 58.7 Å². The number of nitrogens with zero attached hydrogens (tertiary/aromatic N) is 7. The van der Waals surface area contributed by atoms with E-state index < -0.39 is 0 Å². The SMILES string of the molecule is CCCCc1nc(SC)c(C(=O)OCC)n1Cc1ccc(-c2nc3ccccn3c2-c2nnn[nH]2)cc1. The standard InChI is InChI=1S/C26H28N8O2S/c1-4-6-9-20-28-25(37-3)23(26(35)36-5-2)34(20)16-17-11-13-18(14-12-17)21-22(24-29-31-32-30-24)33-15-8-7-10-19(33)27-21/h7-8,10-15H,4-6,9,16H2,1-3H3,(H,29,30,31,32). The van der Waals surface area contributed by atoms with Crippen LogP contribution in [0.5, 0.6) is 0 Å². The van der Waals surface area contributed by atoms with Gasteiger partial charge in [0.05, 0.1) is 6.61 Å². The molecule has 0 saturated carbocycles. The van der Waals surface area contributed by atoms with Crippen molar-refractivity contribution in [3.63, 3.8) is 0 Å². The maximum atomic E-state index is 12.9. The Hall–Kier alpha value is -3.99. The van der Waals surface area contributed by atoms with Gasteiger partial charge in [0.25, 0.3) is 0 Å². The van der Waals surface area contributed by atoms with Crippen molar-refractivity contribution in [3.05, 3.63) is 65.7 Å². The first-order valence-corrected chi connectivity index (χ1v) is 13.5. The summed E-state index contributed by atoms with van der Waals surface area (Å²) in [6, 6.07) is 14.0. The number of carbonyl (C=O) groups excluding carboxylic acids is 1. The molecule has 0 spiro atoms. The van der Waals surface area contributed by atoms with Crippen LogP contribution in [-0.2, 0) is 17.7 Å². The fourth-order valence-electron chi connectivity index (χ4n) is 4.34. The highest BCUT2D eigenvalue weighted by Crippen LogP contribution is 2.31. The van der Waals surface area contributed by atoms with Gasteiger partial charge in [-0.1, -0.05) is 43.7 Å². The van der Waals surface area contributed by atoms with Gasteiger partial charge in [-0.05, 0) is 47.7 Å². The molecule has 0 saturated heterocycles. The zero-order chi connectivity index (χ0) is 25.8. The number of hydrogen-bond acceptors (Lipinski definition) is 8. The number of nitrogens with one attached hydrogen (secondary N) is 1. The van der Waals surface area contributed by atoms with Crippen molar-refractivity contribution in [2.75, 3.05) is 12.9 Å². The molecule has 190 valence electrons. The Balaban J connectivity index is 1.52. The first-order chi connectivity index (χ1) is 18.1. The number of rotatable bonds is 10. The van der Waals surface area contributed by atoms with E-state index in [0.717, 1.165) is 53.2 Å². The fourth-order valence-corrected chi connectivity index (χ4v) is 4.93. The van der Waals surface area contributed by atoms with Gasteiger partial charge in [-0.3, -0.25) is 4.40 Å². The van der Waals surface area contributed by atoms with Crippen LogP contribution in [0.1, 0.15) is 48.6 Å². The number of unbranched alkanes of at least 4 members (excludes halogenated alkanes) is 1. The summed E-state index contributed by atoms with van der Waals surface area (Å²) in [6.45, 7) is 4.80. The third-order valence-corrected chi connectivity index (χ3v) is 6.77. The maximum absolute atomic E-state index is 12.9. The summed E-state index contributed by atoms with van der Waals surface area (Å²) in [6.07, 6.45) is 6.73. The minimum atomic E-state index is -0.339. The smallest absolute Gasteiger partial charge is 0.357 e. The lowest BCUT2D eigenvalue weighted by atomic mass is 10.1. The molecule has 0 aliphatic heterocycles. The predicted molar refractivity (Wildman–Crippen MR) is 141 cm³/mol. The Morgan fingerprint density at radius 1 is 1.11 bits per heavy atom. The average molecular weight is 517 g/mol. The molecule has 4 aromatic heterocycles. The monoisotopic (exact) mass is 516 g/mol. The van der Waals surface area contributed by atoms with Gasteiger partial charge in [0.1, 0.15) is 27.9 Å². The molecule has 5 rings (SSSR count). The number of esters is 1. The molecule has 0 aliphatic carbocycles. The fraction of sp³-hybridized carbons (Fsp3) is 0.308. The van der Waals surface area contributed by atoms with Gasteiger partial charge in [0, 0.05) is 24.7 Å². The van der Waals surface area contributed by atoms with E-state index in [1.54, 1.807) is 0 Å². The number of imidazole rings is 2. The van der Waals surface area contributed by atoms with Gasteiger partial charge in [0.15, 0.2) is 11.5 Å². The normalized spacial score (nSPS) is 11.3. The molecule has 11 heteroatoms. The van der Waals surface area contributed by atoms with Gasteiger partial charge in [-0.2, -0.15) is 0 Å². The molecule has 0 atom stereocenters. The molecule has 0 fully saturated rings. The zero-order valence-electron chi connectivity index (χ0n) is 21.0. The Labute approximate surface area is 218 Å². The lowest BCUT2D eigenvalue weighted by Crippen LogP contribution is -2.16. The molecule has 0 amide bonds. The van der Waals surface area contributed by atoms with Crippen LogP contribution in [0.25, 0.3) is 28.4 Å². The number of aromatic amines is 1. The summed E-state index contributed by atoms with van der Waals surface area (Å²) in [7, 11) is 0. The van der Waals surface area contributed by atoms with Gasteiger partial charge in [0.2, 0.25) is 0 Å². The van der Waals surface area contributed by atoms with Gasteiger partial charge >= 0.3 is 5.97 Å². The van der Waals surface area contributed by atoms with Crippen molar-refractivity contribution in [1.82, 2.24) is 39.6 Å². The van der Waals surface area contributed by atoms with E-state index in [9.17, 15) is 4.79 Å². The summed E-state index contributed by atoms with van der Waals surface area (Å²) in [5.41, 5.74) is 4.87. The van der Waals surface area contributed by atoms with E-state index in [0.29, 0.717) is 29.7 Å². The van der Waals surface area contributed by atoms with Crippen LogP contribution in [0.3, 0.4) is 0 Å². The van der Waals surface area contributed by atoms with Crippen LogP contribution in [0.2, 0.25) is 0 Å². The number of tetrazole rings is 1. The van der Waals surface area contributed by atoms with E-state index in [-0.39, 0.29) is 5.97 Å². The molecule has 0 radical (unpaired) electrons. The summed E-state index contributed by atoms with van der Waals surface area (Å²) < 4.78 is 9.35. The topological polar surface area (TPSA) is 116 Å². The first-order valence-electron chi connectivity index (χ1n) is 12.3. The molecule has 4 heterocycles. The lowest BCUT2D eigenvalue weighted by Gasteiger charge is -2.12. The van der Waals surface area contributed by atoms with Crippen molar-refractivity contribution in [1.29, 1.82) is 0 Å². The number of H-pyrrole nitrogens is 1. The van der Waals surface area contributed by atoms with Crippen LogP contribution >= 0.6 is 11.8 Å². The van der Waals surface area contributed by atoms with Crippen LogP contribution in [0, 0.1) is 0 Å². The summed E-state index contributed by atoms with van der Waals surface area (Å²) in [5.74, 6) is 1.10. The third kappa shape index (κ3) is 4.86. The second-order valence-electron chi connectivity index (χ2n) is 8.48. The Kier molecular flexibility index (Phi) is 7.31. The molecular weight excluding hydrogens is 488 g/mol. The van der Waals surface area contributed by atoms with Crippen LogP contribution in [0.4, 0.5) is 0 Å². The molecule has 0 aliphatic rings. The molecule has 37 heavy (non-hydrogen) atoms. The van der Waals surface area contributed by atoms with Crippen molar-refractivity contribution >= 4 is 23.4 Å². The molecule has 5 aromatic rings. The molecular formula is C26H28N8O2S. The second kappa shape index (κ2) is 11.0. The number of pyridine rings is 1. The van der Waals surface area contributed by atoms with Gasteiger partial charge in [-0.15, -0.1) is 16.9 Å². The van der Waals surface area contributed by atoms with E-state index in [2.05, 4.69) is 39.7 Å². The zero-order valence-corrected chi connectivity index (χ0v) is 21.8. The number of benzene rings is 1. The second-order valence-corrected chi connectivity index (χ2v) is 9.28. The number of carbonyl (C=O) groups is 1. The number of thioether (sulfide) groups is 1. The van der Waals surface area contributed by atoms with Crippen LogP contribution in [-0.4, -0.2) is 58.4 Å². The third-order valence-electron chi connectivity index (χ3n) is 6.10. The largest absolute Gasteiger partial charge is 0.461 e. The molecule has 0 bridgehead atoms. The maximum Gasteiger partial charge on any atom is 0.357 e. The summed E-state index contributed by atoms with van der Waals surface area (Å²) in [5, 5.41) is 15.2. The minimum absolute atomic E-state index is 0.318. The van der Waals surface area contributed by atoms with Crippen LogP contribution < -0.4 is 0 Å². The Bertz CT molecular complexity index is 1510. The lowest BCUT2D eigenvalue weighted by molar-refractivity contribution is 0.0509. The van der Waals surface area contributed by atoms with Gasteiger partial charge < -0.3 is 9.30 Å². The predicted octanol–water partition coefficient (Wildman–Crippen LogP) is 4.67. The highest BCUT2D eigenvalue weighted by Gasteiger charge is 2.24. The Morgan fingerprint density at radius 3 is 2.65 bits per heavy atom. The summed E-state index contributed by atoms with van der Waals surface area (Å²) >= 11 is 1.47. The molecule has 0 unspecified atom stereocenters. The quantitative estimate of drug-likeness (QED) is 0.210. The van der Waals surface area contributed by atoms with Gasteiger partial charge in [-0.25, -0.2) is 19.9 Å². The highest BCUT2D eigenvalue weighted by molar-refractivity contribution is 7.98. The number of ether oxygens (including phenoxy) is 1. The van der Waals surface area contributed by atoms with Crippen molar-refractivity contribution < 1.29 is 9.53 Å². The van der Waals surface area contributed by atoms with E-state index >= 15 is 0 Å². The van der Waals surface area contributed by atoms with E-state index in [1.165, 1.54) is 11.8 Å². The molecule has 10 nitrogen and oxygen atoms in total. The van der Waals surface area contributed by atoms with Crippen LogP contribution in [0.15, 0.2) is 53.7 Å². The summed E-state index contributed by atoms with van der Waals surface area (Å²) in [4.78, 5) is 22.5. The number of hydrogen-bond donors (Lipinski definition) is 1. The minimum Gasteiger partial charge on any atom is -0.461 e. The van der Waals surface area contributed by atoms with Crippen molar-refractivity contribution in [2.45, 2.75) is 44.7 Å². The van der Waals surface area contributed by atoms with Crippen molar-refractivity contribution in [2.24, 2.45) is 0 Å².